The lowest BCUT2D eigenvalue weighted by Crippen LogP contribution is -2.38. The van der Waals surface area contributed by atoms with Crippen LogP contribution in [0, 0.1) is 30.1 Å². The number of pyridine rings is 1. The SMILES string of the molecule is Cc1ccc2c(NCC(C#N)C(C)C)cccc2c1Oc1ncccc1-c1ccnc(NC2CCCNC2)n1. The van der Waals surface area contributed by atoms with Crippen LogP contribution in [0.15, 0.2) is 60.9 Å². The van der Waals surface area contributed by atoms with Crippen LogP contribution in [0.4, 0.5) is 11.6 Å². The topological polar surface area (TPSA) is 108 Å². The summed E-state index contributed by atoms with van der Waals surface area (Å²) in [5.74, 6) is 2.04. The molecule has 0 radical (unpaired) electrons. The predicted molar refractivity (Wildman–Crippen MR) is 156 cm³/mol. The van der Waals surface area contributed by atoms with Crippen LogP contribution in [0.5, 0.6) is 11.6 Å². The normalized spacial score (nSPS) is 16.0. The van der Waals surface area contributed by atoms with Crippen molar-refractivity contribution < 1.29 is 4.74 Å². The van der Waals surface area contributed by atoms with Gasteiger partial charge >= 0.3 is 0 Å². The lowest BCUT2D eigenvalue weighted by atomic mass is 9.97. The van der Waals surface area contributed by atoms with Crippen molar-refractivity contribution in [1.29, 1.82) is 5.26 Å². The molecule has 2 aromatic heterocycles. The van der Waals surface area contributed by atoms with Gasteiger partial charge in [0, 0.05) is 48.0 Å². The number of rotatable bonds is 9. The molecule has 8 nitrogen and oxygen atoms in total. The Morgan fingerprint density at radius 1 is 1.08 bits per heavy atom. The highest BCUT2D eigenvalue weighted by Gasteiger charge is 2.18. The lowest BCUT2D eigenvalue weighted by Gasteiger charge is -2.23. The van der Waals surface area contributed by atoms with Gasteiger partial charge in [0.15, 0.2) is 0 Å². The van der Waals surface area contributed by atoms with Crippen LogP contribution in [-0.2, 0) is 0 Å². The molecule has 1 fully saturated rings. The molecule has 3 N–H and O–H groups in total. The van der Waals surface area contributed by atoms with Gasteiger partial charge in [-0.25, -0.2) is 15.0 Å². The Bertz CT molecular complexity index is 1470. The molecule has 0 aliphatic carbocycles. The maximum absolute atomic E-state index is 9.52. The number of fused-ring (bicyclic) bond motifs is 1. The third kappa shape index (κ3) is 6.10. The van der Waals surface area contributed by atoms with Crippen LogP contribution in [0.2, 0.25) is 0 Å². The molecule has 200 valence electrons. The summed E-state index contributed by atoms with van der Waals surface area (Å²) in [5, 5.41) is 21.9. The van der Waals surface area contributed by atoms with Gasteiger partial charge in [-0.05, 0) is 62.1 Å². The summed E-state index contributed by atoms with van der Waals surface area (Å²) in [7, 11) is 0. The van der Waals surface area contributed by atoms with E-state index in [1.165, 1.54) is 0 Å². The summed E-state index contributed by atoms with van der Waals surface area (Å²) in [6.07, 6.45) is 5.72. The minimum absolute atomic E-state index is 0.0703. The highest BCUT2D eigenvalue weighted by atomic mass is 16.5. The number of aryl methyl sites for hydroxylation is 1. The van der Waals surface area contributed by atoms with Crippen LogP contribution >= 0.6 is 0 Å². The number of hydrogen-bond donors (Lipinski definition) is 3. The molecule has 2 aromatic carbocycles. The second-order valence-corrected chi connectivity index (χ2v) is 10.4. The fourth-order valence-corrected chi connectivity index (χ4v) is 4.88. The van der Waals surface area contributed by atoms with E-state index in [1.807, 2.05) is 37.3 Å². The molecule has 2 atom stereocenters. The fraction of sp³-hybridized carbons (Fsp3) is 0.355. The van der Waals surface area contributed by atoms with Crippen molar-refractivity contribution >= 4 is 22.4 Å². The first-order valence-corrected chi connectivity index (χ1v) is 13.6. The molecule has 5 rings (SSSR count). The van der Waals surface area contributed by atoms with Crippen molar-refractivity contribution in [1.82, 2.24) is 20.3 Å². The number of ether oxygens (including phenoxy) is 1. The molecule has 0 amide bonds. The summed E-state index contributed by atoms with van der Waals surface area (Å²) < 4.78 is 6.56. The molecule has 0 spiro atoms. The van der Waals surface area contributed by atoms with Gasteiger partial charge in [-0.1, -0.05) is 38.1 Å². The average Bonchev–Trinajstić information content (AvgIpc) is 2.95. The van der Waals surface area contributed by atoms with Crippen molar-refractivity contribution in [2.45, 2.75) is 39.7 Å². The van der Waals surface area contributed by atoms with Gasteiger partial charge in [0.25, 0.3) is 0 Å². The summed E-state index contributed by atoms with van der Waals surface area (Å²) in [5.41, 5.74) is 3.52. The Labute approximate surface area is 229 Å². The smallest absolute Gasteiger partial charge is 0.228 e. The van der Waals surface area contributed by atoms with Crippen LogP contribution < -0.4 is 20.7 Å². The van der Waals surface area contributed by atoms with Crippen molar-refractivity contribution in [3.63, 3.8) is 0 Å². The molecule has 8 heteroatoms. The summed E-state index contributed by atoms with van der Waals surface area (Å²) in [6, 6.07) is 18.7. The summed E-state index contributed by atoms with van der Waals surface area (Å²) >= 11 is 0. The second kappa shape index (κ2) is 12.1. The molecule has 0 saturated carbocycles. The van der Waals surface area contributed by atoms with Crippen LogP contribution in [-0.4, -0.2) is 40.6 Å². The largest absolute Gasteiger partial charge is 0.437 e. The fourth-order valence-electron chi connectivity index (χ4n) is 4.88. The highest BCUT2D eigenvalue weighted by molar-refractivity contribution is 5.98. The first-order valence-electron chi connectivity index (χ1n) is 13.6. The first-order chi connectivity index (χ1) is 19.0. The number of piperidine rings is 1. The molecular weight excluding hydrogens is 486 g/mol. The van der Waals surface area contributed by atoms with Crippen LogP contribution in [0.1, 0.15) is 32.3 Å². The molecule has 39 heavy (non-hydrogen) atoms. The minimum atomic E-state index is -0.0703. The van der Waals surface area contributed by atoms with Gasteiger partial charge in [0.2, 0.25) is 11.8 Å². The van der Waals surface area contributed by atoms with E-state index in [0.717, 1.165) is 65.0 Å². The van der Waals surface area contributed by atoms with Gasteiger partial charge in [0.05, 0.1) is 23.2 Å². The van der Waals surface area contributed by atoms with E-state index in [1.54, 1.807) is 12.4 Å². The zero-order chi connectivity index (χ0) is 27.2. The third-order valence-electron chi connectivity index (χ3n) is 7.22. The van der Waals surface area contributed by atoms with Crippen LogP contribution in [0.3, 0.4) is 0 Å². The molecule has 1 aliphatic rings. The maximum atomic E-state index is 9.52. The van der Waals surface area contributed by atoms with Gasteiger partial charge in [-0.15, -0.1) is 0 Å². The molecule has 0 bridgehead atoms. The van der Waals surface area contributed by atoms with E-state index >= 15 is 0 Å². The Balaban J connectivity index is 1.45. The number of benzene rings is 2. The zero-order valence-electron chi connectivity index (χ0n) is 22.7. The van der Waals surface area contributed by atoms with E-state index in [9.17, 15) is 5.26 Å². The van der Waals surface area contributed by atoms with Gasteiger partial charge in [0.1, 0.15) is 5.75 Å². The monoisotopic (exact) mass is 521 g/mol. The van der Waals surface area contributed by atoms with Crippen molar-refractivity contribution in [2.75, 3.05) is 30.3 Å². The van der Waals surface area contributed by atoms with E-state index in [4.69, 9.17) is 9.72 Å². The highest BCUT2D eigenvalue weighted by Crippen LogP contribution is 2.38. The van der Waals surface area contributed by atoms with Crippen LogP contribution in [0.25, 0.3) is 22.0 Å². The van der Waals surface area contributed by atoms with E-state index < -0.39 is 0 Å². The Morgan fingerprint density at radius 2 is 1.97 bits per heavy atom. The molecule has 4 aromatic rings. The average molecular weight is 522 g/mol. The number of nitrogens with one attached hydrogen (secondary N) is 3. The molecule has 1 saturated heterocycles. The van der Waals surface area contributed by atoms with Gasteiger partial charge < -0.3 is 20.7 Å². The first kappa shape index (κ1) is 26.4. The standard InChI is InChI=1S/C31H35N7O/c1-20(2)22(17-32)18-36-27-10-4-8-25-24(27)12-11-21(3)29(25)39-30-26(9-6-15-34-30)28-13-16-35-31(38-28)37-23-7-5-14-33-19-23/h4,6,8-13,15-16,20,22-23,33,36H,5,7,14,18-19H2,1-3H3,(H,35,37,38). The number of anilines is 2. The summed E-state index contributed by atoms with van der Waals surface area (Å²) in [4.78, 5) is 13.8. The quantitative estimate of drug-likeness (QED) is 0.240. The lowest BCUT2D eigenvalue weighted by molar-refractivity contribution is 0.466. The number of nitrogens with zero attached hydrogens (tertiary/aromatic N) is 4. The molecule has 1 aliphatic heterocycles. The van der Waals surface area contributed by atoms with E-state index in [2.05, 4.69) is 64.0 Å². The minimum Gasteiger partial charge on any atom is -0.437 e. The number of nitriles is 1. The van der Waals surface area contributed by atoms with Crippen molar-refractivity contribution in [3.8, 4) is 29.0 Å². The van der Waals surface area contributed by atoms with E-state index in [0.29, 0.717) is 24.4 Å². The van der Waals surface area contributed by atoms with Crippen molar-refractivity contribution in [3.05, 3.63) is 66.5 Å². The maximum Gasteiger partial charge on any atom is 0.228 e. The Hall–Kier alpha value is -4.22. The second-order valence-electron chi connectivity index (χ2n) is 10.4. The number of hydrogen-bond acceptors (Lipinski definition) is 8. The van der Waals surface area contributed by atoms with Crippen molar-refractivity contribution in [2.24, 2.45) is 11.8 Å². The molecule has 2 unspecified atom stereocenters. The van der Waals surface area contributed by atoms with E-state index in [-0.39, 0.29) is 11.8 Å². The van der Waals surface area contributed by atoms with Gasteiger partial charge in [-0.2, -0.15) is 5.26 Å². The molecule has 3 heterocycles. The third-order valence-corrected chi connectivity index (χ3v) is 7.22. The van der Waals surface area contributed by atoms with Gasteiger partial charge in [-0.3, -0.25) is 0 Å². The molecular formula is C31H35N7O. The Kier molecular flexibility index (Phi) is 8.18. The Morgan fingerprint density at radius 3 is 2.77 bits per heavy atom. The number of aromatic nitrogens is 3. The zero-order valence-corrected chi connectivity index (χ0v) is 22.7. The predicted octanol–water partition coefficient (Wildman–Crippen LogP) is 6.16. The summed E-state index contributed by atoms with van der Waals surface area (Å²) in [6.45, 7) is 8.72.